The van der Waals surface area contributed by atoms with E-state index >= 15 is 0 Å². The zero-order valence-corrected chi connectivity index (χ0v) is 14.5. The normalized spacial score (nSPS) is 16.0. The Morgan fingerprint density at radius 1 is 1.04 bits per heavy atom. The standard InChI is InChI=1S/C20H25N3O/c1-16-4-5-19(17(2)14-16)15-22-10-3-11-23(13-12-22)20(24)18-6-8-21-9-7-18/h4-9,14H,3,10-13,15H2,1-2H3. The van der Waals surface area contributed by atoms with Crippen LogP contribution in [0.1, 0.15) is 33.5 Å². The molecule has 4 nitrogen and oxygen atoms in total. The fourth-order valence-electron chi connectivity index (χ4n) is 3.27. The van der Waals surface area contributed by atoms with Crippen LogP contribution in [0, 0.1) is 13.8 Å². The molecule has 24 heavy (non-hydrogen) atoms. The molecule has 1 aromatic heterocycles. The minimum atomic E-state index is 0.116. The largest absolute Gasteiger partial charge is 0.337 e. The molecule has 2 aromatic rings. The van der Waals surface area contributed by atoms with Gasteiger partial charge in [-0.05, 0) is 43.5 Å². The Kier molecular flexibility index (Phi) is 5.26. The lowest BCUT2D eigenvalue weighted by molar-refractivity contribution is 0.0761. The fraction of sp³-hybridized carbons (Fsp3) is 0.400. The van der Waals surface area contributed by atoms with Crippen LogP contribution in [0.4, 0.5) is 0 Å². The van der Waals surface area contributed by atoms with Crippen molar-refractivity contribution >= 4 is 5.91 Å². The Morgan fingerprint density at radius 3 is 2.58 bits per heavy atom. The highest BCUT2D eigenvalue weighted by Crippen LogP contribution is 2.15. The van der Waals surface area contributed by atoms with E-state index in [2.05, 4.69) is 41.9 Å². The van der Waals surface area contributed by atoms with Gasteiger partial charge in [0.25, 0.3) is 5.91 Å². The number of amides is 1. The summed E-state index contributed by atoms with van der Waals surface area (Å²) < 4.78 is 0. The van der Waals surface area contributed by atoms with E-state index in [9.17, 15) is 4.79 Å². The van der Waals surface area contributed by atoms with Crippen molar-refractivity contribution in [3.8, 4) is 0 Å². The summed E-state index contributed by atoms with van der Waals surface area (Å²) in [4.78, 5) is 21.0. The molecular weight excluding hydrogens is 298 g/mol. The van der Waals surface area contributed by atoms with E-state index < -0.39 is 0 Å². The second-order valence-electron chi connectivity index (χ2n) is 6.59. The van der Waals surface area contributed by atoms with Gasteiger partial charge >= 0.3 is 0 Å². The number of hydrogen-bond acceptors (Lipinski definition) is 3. The molecule has 0 radical (unpaired) electrons. The van der Waals surface area contributed by atoms with E-state index in [1.165, 1.54) is 16.7 Å². The first kappa shape index (κ1) is 16.7. The van der Waals surface area contributed by atoms with Gasteiger partial charge in [-0.15, -0.1) is 0 Å². The van der Waals surface area contributed by atoms with E-state index in [0.717, 1.165) is 44.7 Å². The quantitative estimate of drug-likeness (QED) is 0.871. The molecule has 0 bridgehead atoms. The topological polar surface area (TPSA) is 36.4 Å². The molecule has 1 fully saturated rings. The van der Waals surface area contributed by atoms with Crippen LogP contribution in [0.25, 0.3) is 0 Å². The first-order chi connectivity index (χ1) is 11.6. The van der Waals surface area contributed by atoms with Gasteiger partial charge in [0.1, 0.15) is 0 Å². The van der Waals surface area contributed by atoms with Crippen LogP contribution < -0.4 is 0 Å². The number of benzene rings is 1. The summed E-state index contributed by atoms with van der Waals surface area (Å²) in [6, 6.07) is 10.2. The number of hydrogen-bond donors (Lipinski definition) is 0. The van der Waals surface area contributed by atoms with Crippen LogP contribution in [-0.2, 0) is 6.54 Å². The number of carbonyl (C=O) groups is 1. The van der Waals surface area contributed by atoms with Gasteiger partial charge in [-0.2, -0.15) is 0 Å². The molecule has 1 amide bonds. The van der Waals surface area contributed by atoms with E-state index in [1.807, 2.05) is 4.90 Å². The smallest absolute Gasteiger partial charge is 0.254 e. The molecule has 126 valence electrons. The molecule has 1 saturated heterocycles. The number of rotatable bonds is 3. The van der Waals surface area contributed by atoms with Crippen LogP contribution in [-0.4, -0.2) is 46.9 Å². The van der Waals surface area contributed by atoms with Gasteiger partial charge in [-0.1, -0.05) is 23.8 Å². The second-order valence-corrected chi connectivity index (χ2v) is 6.59. The third-order valence-electron chi connectivity index (χ3n) is 4.70. The predicted molar refractivity (Wildman–Crippen MR) is 96.0 cm³/mol. The van der Waals surface area contributed by atoms with Crippen molar-refractivity contribution in [3.05, 3.63) is 65.0 Å². The van der Waals surface area contributed by atoms with Crippen molar-refractivity contribution in [1.29, 1.82) is 0 Å². The molecule has 1 aromatic carbocycles. The van der Waals surface area contributed by atoms with Gasteiger partial charge in [0.15, 0.2) is 0 Å². The minimum absolute atomic E-state index is 0.116. The van der Waals surface area contributed by atoms with Crippen molar-refractivity contribution in [1.82, 2.24) is 14.8 Å². The first-order valence-corrected chi connectivity index (χ1v) is 8.61. The van der Waals surface area contributed by atoms with Gasteiger partial charge in [-0.25, -0.2) is 0 Å². The fourth-order valence-corrected chi connectivity index (χ4v) is 3.27. The van der Waals surface area contributed by atoms with Crippen LogP contribution in [0.2, 0.25) is 0 Å². The Balaban J connectivity index is 1.62. The highest BCUT2D eigenvalue weighted by atomic mass is 16.2. The highest BCUT2D eigenvalue weighted by molar-refractivity contribution is 5.94. The molecule has 0 N–H and O–H groups in total. The molecule has 0 atom stereocenters. The summed E-state index contributed by atoms with van der Waals surface area (Å²) in [7, 11) is 0. The Bertz CT molecular complexity index is 699. The monoisotopic (exact) mass is 323 g/mol. The molecule has 1 aliphatic heterocycles. The molecule has 0 spiro atoms. The summed E-state index contributed by atoms with van der Waals surface area (Å²) in [5.41, 5.74) is 4.77. The first-order valence-electron chi connectivity index (χ1n) is 8.61. The zero-order valence-electron chi connectivity index (χ0n) is 14.5. The molecule has 1 aliphatic rings. The van der Waals surface area contributed by atoms with Crippen LogP contribution in [0.5, 0.6) is 0 Å². The molecule has 0 aliphatic carbocycles. The lowest BCUT2D eigenvalue weighted by atomic mass is 10.1. The van der Waals surface area contributed by atoms with Gasteiger partial charge in [0.05, 0.1) is 0 Å². The molecule has 4 heteroatoms. The summed E-state index contributed by atoms with van der Waals surface area (Å²) in [6.07, 6.45) is 4.37. The van der Waals surface area contributed by atoms with Crippen molar-refractivity contribution in [2.45, 2.75) is 26.8 Å². The lowest BCUT2D eigenvalue weighted by Crippen LogP contribution is -2.35. The Labute approximate surface area is 144 Å². The maximum absolute atomic E-state index is 12.6. The second kappa shape index (κ2) is 7.58. The molecule has 3 rings (SSSR count). The Morgan fingerprint density at radius 2 is 1.83 bits per heavy atom. The van der Waals surface area contributed by atoms with E-state index in [4.69, 9.17) is 0 Å². The average molecular weight is 323 g/mol. The molecular formula is C20H25N3O. The van der Waals surface area contributed by atoms with Gasteiger partial charge in [-0.3, -0.25) is 14.7 Å². The van der Waals surface area contributed by atoms with Gasteiger partial charge in [0, 0.05) is 50.7 Å². The molecule has 2 heterocycles. The number of nitrogens with zero attached hydrogens (tertiary/aromatic N) is 3. The van der Waals surface area contributed by atoms with Crippen molar-refractivity contribution in [2.75, 3.05) is 26.2 Å². The number of carbonyl (C=O) groups excluding carboxylic acids is 1. The van der Waals surface area contributed by atoms with E-state index in [-0.39, 0.29) is 5.91 Å². The number of aromatic nitrogens is 1. The molecule has 0 saturated carbocycles. The van der Waals surface area contributed by atoms with Crippen LogP contribution in [0.3, 0.4) is 0 Å². The third kappa shape index (κ3) is 4.01. The number of aryl methyl sites for hydroxylation is 2. The zero-order chi connectivity index (χ0) is 16.9. The maximum atomic E-state index is 12.6. The van der Waals surface area contributed by atoms with Crippen LogP contribution in [0.15, 0.2) is 42.7 Å². The third-order valence-corrected chi connectivity index (χ3v) is 4.70. The van der Waals surface area contributed by atoms with E-state index in [0.29, 0.717) is 0 Å². The predicted octanol–water partition coefficient (Wildman–Crippen LogP) is 3.05. The van der Waals surface area contributed by atoms with Gasteiger partial charge in [0.2, 0.25) is 0 Å². The summed E-state index contributed by atoms with van der Waals surface area (Å²) in [6.45, 7) is 8.84. The summed E-state index contributed by atoms with van der Waals surface area (Å²) in [5.74, 6) is 0.116. The van der Waals surface area contributed by atoms with Crippen molar-refractivity contribution in [2.24, 2.45) is 0 Å². The van der Waals surface area contributed by atoms with Crippen molar-refractivity contribution < 1.29 is 4.79 Å². The highest BCUT2D eigenvalue weighted by Gasteiger charge is 2.20. The maximum Gasteiger partial charge on any atom is 0.254 e. The lowest BCUT2D eigenvalue weighted by Gasteiger charge is -2.22. The minimum Gasteiger partial charge on any atom is -0.337 e. The summed E-state index contributed by atoms with van der Waals surface area (Å²) in [5, 5.41) is 0. The van der Waals surface area contributed by atoms with E-state index in [1.54, 1.807) is 24.5 Å². The average Bonchev–Trinajstić information content (AvgIpc) is 2.83. The molecule has 0 unspecified atom stereocenters. The SMILES string of the molecule is Cc1ccc(CN2CCCN(C(=O)c3ccncc3)CC2)c(C)c1. The van der Waals surface area contributed by atoms with Crippen molar-refractivity contribution in [3.63, 3.8) is 0 Å². The Hall–Kier alpha value is -2.20. The summed E-state index contributed by atoms with van der Waals surface area (Å²) >= 11 is 0. The van der Waals surface area contributed by atoms with Crippen LogP contribution >= 0.6 is 0 Å². The van der Waals surface area contributed by atoms with Gasteiger partial charge < -0.3 is 4.90 Å². The number of pyridine rings is 1.